The Morgan fingerprint density at radius 3 is 2.50 bits per heavy atom. The molecule has 4 rings (SSSR count). The minimum absolute atomic E-state index is 0.107. The fraction of sp³-hybridized carbons (Fsp3) is 0.370. The summed E-state index contributed by atoms with van der Waals surface area (Å²) in [5.74, 6) is -0.456. The Labute approximate surface area is 215 Å². The van der Waals surface area contributed by atoms with E-state index in [-0.39, 0.29) is 5.91 Å². The number of methoxy groups -OCH3 is 1. The third-order valence-corrected chi connectivity index (χ3v) is 7.14. The highest BCUT2D eigenvalue weighted by molar-refractivity contribution is 8.18. The van der Waals surface area contributed by atoms with Crippen LogP contribution in [0.5, 0.6) is 11.5 Å². The van der Waals surface area contributed by atoms with E-state index in [2.05, 4.69) is 17.0 Å². The first kappa shape index (κ1) is 25.6. The lowest BCUT2D eigenvalue weighted by Gasteiger charge is -2.28. The van der Waals surface area contributed by atoms with Gasteiger partial charge >= 0.3 is 5.97 Å². The lowest BCUT2D eigenvalue weighted by atomic mass is 10.1. The molecule has 36 heavy (non-hydrogen) atoms. The normalized spacial score (nSPS) is 19.1. The maximum atomic E-state index is 13.1. The lowest BCUT2D eigenvalue weighted by molar-refractivity contribution is -0.144. The van der Waals surface area contributed by atoms with E-state index in [4.69, 9.17) is 19.6 Å². The quantitative estimate of drug-likeness (QED) is 0.492. The Kier molecular flexibility index (Phi) is 8.20. The number of ether oxygens (including phenoxy) is 2. The van der Waals surface area contributed by atoms with Gasteiger partial charge in [-0.2, -0.15) is 0 Å². The van der Waals surface area contributed by atoms with Crippen molar-refractivity contribution < 1.29 is 24.2 Å². The van der Waals surface area contributed by atoms with Gasteiger partial charge in [-0.3, -0.25) is 9.69 Å². The average molecular weight is 510 g/mol. The number of carbonyl (C=O) groups is 2. The predicted molar refractivity (Wildman–Crippen MR) is 143 cm³/mol. The van der Waals surface area contributed by atoms with Crippen LogP contribution in [0.2, 0.25) is 0 Å². The van der Waals surface area contributed by atoms with Crippen molar-refractivity contribution in [2.75, 3.05) is 31.6 Å². The van der Waals surface area contributed by atoms with Crippen molar-refractivity contribution in [3.63, 3.8) is 0 Å². The molecule has 190 valence electrons. The van der Waals surface area contributed by atoms with E-state index in [1.165, 1.54) is 50.7 Å². The van der Waals surface area contributed by atoms with Crippen molar-refractivity contribution in [2.45, 2.75) is 39.2 Å². The highest BCUT2D eigenvalue weighted by Gasteiger charge is 2.32. The first-order valence-corrected chi connectivity index (χ1v) is 12.9. The van der Waals surface area contributed by atoms with Crippen LogP contribution in [-0.4, -0.2) is 59.9 Å². The smallest absolute Gasteiger partial charge is 0.344 e. The second kappa shape index (κ2) is 11.5. The molecular weight excluding hydrogens is 478 g/mol. The van der Waals surface area contributed by atoms with Crippen molar-refractivity contribution >= 4 is 46.3 Å². The monoisotopic (exact) mass is 509 g/mol. The summed E-state index contributed by atoms with van der Waals surface area (Å²) in [5, 5.41) is 9.74. The number of nitrogens with zero attached hydrogens (tertiary/aromatic N) is 3. The average Bonchev–Trinajstić information content (AvgIpc) is 3.18. The third-order valence-electron chi connectivity index (χ3n) is 6.14. The number of amidine groups is 1. The number of carbonyl (C=O) groups excluding carboxylic acids is 1. The highest BCUT2D eigenvalue weighted by atomic mass is 32.2. The van der Waals surface area contributed by atoms with Gasteiger partial charge in [0.15, 0.2) is 22.8 Å². The number of aliphatic imine (C=N–C) groups is 1. The fourth-order valence-corrected chi connectivity index (χ4v) is 5.20. The van der Waals surface area contributed by atoms with Crippen molar-refractivity contribution in [1.82, 2.24) is 4.90 Å². The number of amides is 1. The van der Waals surface area contributed by atoms with Crippen LogP contribution in [0.15, 0.2) is 52.4 Å². The zero-order valence-corrected chi connectivity index (χ0v) is 21.6. The zero-order chi connectivity index (χ0) is 25.7. The summed E-state index contributed by atoms with van der Waals surface area (Å²) >= 11 is 1.33. The number of thioether (sulfide) groups is 1. The van der Waals surface area contributed by atoms with Gasteiger partial charge < -0.3 is 19.5 Å². The number of rotatable bonds is 8. The number of benzene rings is 2. The van der Waals surface area contributed by atoms with Gasteiger partial charge in [0, 0.05) is 25.3 Å². The van der Waals surface area contributed by atoms with Crippen LogP contribution >= 0.6 is 11.8 Å². The van der Waals surface area contributed by atoms with Gasteiger partial charge in [0.05, 0.1) is 17.7 Å². The summed E-state index contributed by atoms with van der Waals surface area (Å²) in [6, 6.07) is 13.3. The van der Waals surface area contributed by atoms with Gasteiger partial charge in [0.2, 0.25) is 0 Å². The molecule has 2 aliphatic rings. The third kappa shape index (κ3) is 5.84. The molecule has 1 amide bonds. The van der Waals surface area contributed by atoms with Crippen LogP contribution in [0.3, 0.4) is 0 Å². The van der Waals surface area contributed by atoms with Crippen molar-refractivity contribution in [3.05, 3.63) is 52.9 Å². The SMILES string of the molecule is CCN1C(=O)/C(=C/c2ccc(O[C@H](C)C(=O)O)c(OC)c2)SC1=Nc1ccc(N2CCCCC2)cc1. The first-order chi connectivity index (χ1) is 17.4. The zero-order valence-electron chi connectivity index (χ0n) is 20.8. The van der Waals surface area contributed by atoms with Crippen molar-refractivity contribution in [1.29, 1.82) is 0 Å². The highest BCUT2D eigenvalue weighted by Crippen LogP contribution is 2.36. The number of piperidine rings is 1. The van der Waals surface area contributed by atoms with Crippen molar-refractivity contribution in [2.24, 2.45) is 4.99 Å². The molecule has 9 heteroatoms. The molecule has 2 saturated heterocycles. The molecular formula is C27H31N3O5S. The number of hydrogen-bond donors (Lipinski definition) is 1. The van der Waals surface area contributed by atoms with E-state index < -0.39 is 12.1 Å². The summed E-state index contributed by atoms with van der Waals surface area (Å²) in [5.41, 5.74) is 2.75. The minimum Gasteiger partial charge on any atom is -0.493 e. The summed E-state index contributed by atoms with van der Waals surface area (Å²) in [6.45, 7) is 6.07. The number of anilines is 1. The van der Waals surface area contributed by atoms with Crippen LogP contribution in [0.25, 0.3) is 6.08 Å². The molecule has 1 N–H and O–H groups in total. The molecule has 2 fully saturated rings. The summed E-state index contributed by atoms with van der Waals surface area (Å²) in [6.07, 6.45) is 4.52. The van der Waals surface area contributed by atoms with E-state index in [1.54, 1.807) is 29.2 Å². The Balaban J connectivity index is 1.53. The molecule has 0 unspecified atom stereocenters. The van der Waals surface area contributed by atoms with Crippen LogP contribution < -0.4 is 14.4 Å². The molecule has 0 aromatic heterocycles. The second-order valence-electron chi connectivity index (χ2n) is 8.63. The number of carboxylic acids is 1. The van der Waals surface area contributed by atoms with E-state index in [9.17, 15) is 9.59 Å². The summed E-state index contributed by atoms with van der Waals surface area (Å²) in [4.78, 5) is 33.6. The Bertz CT molecular complexity index is 1170. The van der Waals surface area contributed by atoms with Gasteiger partial charge in [0.25, 0.3) is 5.91 Å². The van der Waals surface area contributed by atoms with E-state index in [1.807, 2.05) is 19.1 Å². The topological polar surface area (TPSA) is 91.7 Å². The molecule has 0 radical (unpaired) electrons. The number of hydrogen-bond acceptors (Lipinski definition) is 7. The van der Waals surface area contributed by atoms with Crippen LogP contribution in [0.4, 0.5) is 11.4 Å². The maximum Gasteiger partial charge on any atom is 0.344 e. The predicted octanol–water partition coefficient (Wildman–Crippen LogP) is 5.16. The number of carboxylic acid groups (broad SMARTS) is 1. The number of aliphatic carboxylic acids is 1. The van der Waals surface area contributed by atoms with Crippen LogP contribution in [-0.2, 0) is 9.59 Å². The van der Waals surface area contributed by atoms with E-state index in [0.29, 0.717) is 28.1 Å². The Morgan fingerprint density at radius 1 is 1.14 bits per heavy atom. The van der Waals surface area contributed by atoms with E-state index in [0.717, 1.165) is 24.3 Å². The maximum absolute atomic E-state index is 13.1. The van der Waals surface area contributed by atoms with Gasteiger partial charge in [-0.25, -0.2) is 9.79 Å². The molecule has 2 heterocycles. The second-order valence-corrected chi connectivity index (χ2v) is 9.64. The largest absolute Gasteiger partial charge is 0.493 e. The van der Waals surface area contributed by atoms with Gasteiger partial charge in [-0.15, -0.1) is 0 Å². The fourth-order valence-electron chi connectivity index (χ4n) is 4.13. The first-order valence-electron chi connectivity index (χ1n) is 12.1. The van der Waals surface area contributed by atoms with Gasteiger partial charge in [0.1, 0.15) is 0 Å². The minimum atomic E-state index is -1.07. The standard InChI is InChI=1S/C27H31N3O5S/c1-4-30-25(31)24(17-19-8-13-22(23(16-19)34-3)35-18(2)26(32)33)36-27(30)28-20-9-11-21(12-10-20)29-14-6-5-7-15-29/h8-13,16-18H,4-7,14-15H2,1-3H3,(H,32,33)/b24-17-,28-27?/t18-/m1/s1. The van der Waals surface area contributed by atoms with Gasteiger partial charge in [-0.1, -0.05) is 6.07 Å². The summed E-state index contributed by atoms with van der Waals surface area (Å²) in [7, 11) is 1.49. The molecule has 0 bridgehead atoms. The molecule has 0 saturated carbocycles. The molecule has 0 spiro atoms. The molecule has 1 atom stereocenters. The Hall–Kier alpha value is -3.46. The van der Waals surface area contributed by atoms with Crippen LogP contribution in [0.1, 0.15) is 38.7 Å². The summed E-state index contributed by atoms with van der Waals surface area (Å²) < 4.78 is 10.8. The van der Waals surface area contributed by atoms with E-state index >= 15 is 0 Å². The molecule has 2 aromatic carbocycles. The molecule has 2 aliphatic heterocycles. The molecule has 2 aromatic rings. The van der Waals surface area contributed by atoms with Crippen LogP contribution in [0, 0.1) is 0 Å². The Morgan fingerprint density at radius 2 is 1.86 bits per heavy atom. The number of likely N-dealkylation sites (N-methyl/N-ethyl adjacent to an activating group) is 1. The lowest BCUT2D eigenvalue weighted by Crippen LogP contribution is -2.29. The van der Waals surface area contributed by atoms with Crippen molar-refractivity contribution in [3.8, 4) is 11.5 Å². The molecule has 0 aliphatic carbocycles. The molecule has 8 nitrogen and oxygen atoms in total. The van der Waals surface area contributed by atoms with Gasteiger partial charge in [-0.05, 0) is 92.9 Å².